The number of aromatic amines is 1. The van der Waals surface area contributed by atoms with Crippen LogP contribution in [0.4, 0.5) is 0 Å². The summed E-state index contributed by atoms with van der Waals surface area (Å²) >= 11 is 6.09. The Labute approximate surface area is 151 Å². The van der Waals surface area contributed by atoms with Gasteiger partial charge in [0.25, 0.3) is 0 Å². The molecule has 6 nitrogen and oxygen atoms in total. The lowest BCUT2D eigenvalue weighted by molar-refractivity contribution is 0.182. The number of nitrogens with zero attached hydrogens (tertiary/aromatic N) is 4. The highest BCUT2D eigenvalue weighted by Gasteiger charge is 2.29. The van der Waals surface area contributed by atoms with E-state index < -0.39 is 0 Å². The van der Waals surface area contributed by atoms with Crippen LogP contribution in [0.3, 0.4) is 0 Å². The maximum atomic E-state index is 6.09. The van der Waals surface area contributed by atoms with Gasteiger partial charge in [0.15, 0.2) is 0 Å². The van der Waals surface area contributed by atoms with Crippen LogP contribution < -0.4 is 0 Å². The molecule has 0 amide bonds. The summed E-state index contributed by atoms with van der Waals surface area (Å²) in [6.07, 6.45) is 6.15. The minimum atomic E-state index is 0.291. The molecule has 1 aromatic carbocycles. The van der Waals surface area contributed by atoms with E-state index in [0.717, 1.165) is 53.8 Å². The monoisotopic (exact) mass is 359 g/mol. The summed E-state index contributed by atoms with van der Waals surface area (Å²) in [4.78, 5) is 15.2. The van der Waals surface area contributed by atoms with Gasteiger partial charge in [-0.05, 0) is 37.6 Å². The van der Waals surface area contributed by atoms with Crippen molar-refractivity contribution in [1.82, 2.24) is 24.4 Å². The fourth-order valence-electron chi connectivity index (χ4n) is 3.55. The van der Waals surface area contributed by atoms with Crippen LogP contribution >= 0.6 is 11.6 Å². The molecular weight excluding hydrogens is 338 g/mol. The van der Waals surface area contributed by atoms with Crippen molar-refractivity contribution in [2.75, 3.05) is 20.3 Å². The summed E-state index contributed by atoms with van der Waals surface area (Å²) in [5.41, 5.74) is 1.96. The molecular formula is C18H22ClN5O. The van der Waals surface area contributed by atoms with E-state index in [9.17, 15) is 0 Å². The lowest BCUT2D eigenvalue weighted by Crippen LogP contribution is -2.25. The molecule has 1 N–H and O–H groups in total. The Morgan fingerprint density at radius 1 is 1.40 bits per heavy atom. The van der Waals surface area contributed by atoms with Crippen molar-refractivity contribution in [3.8, 4) is 0 Å². The van der Waals surface area contributed by atoms with Gasteiger partial charge in [0.05, 0.1) is 30.2 Å². The molecule has 0 radical (unpaired) electrons. The van der Waals surface area contributed by atoms with Crippen molar-refractivity contribution in [2.45, 2.75) is 32.0 Å². The van der Waals surface area contributed by atoms with E-state index in [1.165, 1.54) is 6.42 Å². The largest absolute Gasteiger partial charge is 0.383 e. The average Bonchev–Trinajstić information content (AvgIpc) is 3.32. The predicted octanol–water partition coefficient (Wildman–Crippen LogP) is 3.40. The predicted molar refractivity (Wildman–Crippen MR) is 97.6 cm³/mol. The second-order valence-electron chi connectivity index (χ2n) is 6.44. The summed E-state index contributed by atoms with van der Waals surface area (Å²) in [5, 5.41) is 0.728. The quantitative estimate of drug-likeness (QED) is 0.732. The average molecular weight is 360 g/mol. The number of likely N-dealkylation sites (tertiary alicyclic amines) is 1. The molecule has 0 saturated carbocycles. The van der Waals surface area contributed by atoms with Crippen molar-refractivity contribution in [2.24, 2.45) is 0 Å². The minimum Gasteiger partial charge on any atom is -0.383 e. The van der Waals surface area contributed by atoms with Crippen molar-refractivity contribution in [3.63, 3.8) is 0 Å². The first kappa shape index (κ1) is 16.6. The molecule has 0 spiro atoms. The number of hydrogen-bond acceptors (Lipinski definition) is 4. The minimum absolute atomic E-state index is 0.291. The lowest BCUT2D eigenvalue weighted by atomic mass is 10.2. The topological polar surface area (TPSA) is 59.0 Å². The highest BCUT2D eigenvalue weighted by molar-refractivity contribution is 6.31. The molecule has 0 unspecified atom stereocenters. The lowest BCUT2D eigenvalue weighted by Gasteiger charge is -2.22. The van der Waals surface area contributed by atoms with Crippen LogP contribution in [-0.4, -0.2) is 44.7 Å². The molecule has 0 aliphatic carbocycles. The standard InChI is InChI=1S/C18H22ClN5O/c1-25-10-9-23-8-6-20-17(23)12-24-7-2-3-16(24)18-21-14-5-4-13(19)11-15(14)22-18/h4-6,8,11,16H,2-3,7,9-10,12H2,1H3,(H,21,22)/t16-/m0/s1. The molecule has 1 atom stereocenters. The number of nitrogens with one attached hydrogen (secondary N) is 1. The number of hydrogen-bond donors (Lipinski definition) is 1. The van der Waals surface area contributed by atoms with E-state index in [1.54, 1.807) is 7.11 Å². The highest BCUT2D eigenvalue weighted by Crippen LogP contribution is 2.32. The Kier molecular flexibility index (Phi) is 4.74. The van der Waals surface area contributed by atoms with Gasteiger partial charge in [0.1, 0.15) is 11.6 Å². The highest BCUT2D eigenvalue weighted by atomic mass is 35.5. The molecule has 1 fully saturated rings. The molecule has 1 saturated heterocycles. The Bertz CT molecular complexity index is 858. The summed E-state index contributed by atoms with van der Waals surface area (Å²) in [5.74, 6) is 2.09. The summed E-state index contributed by atoms with van der Waals surface area (Å²) in [6, 6.07) is 6.07. The number of halogens is 1. The van der Waals surface area contributed by atoms with Crippen LogP contribution in [0.1, 0.15) is 30.5 Å². The summed E-state index contributed by atoms with van der Waals surface area (Å²) in [6.45, 7) is 3.39. The number of aromatic nitrogens is 4. The van der Waals surface area contributed by atoms with E-state index in [0.29, 0.717) is 12.6 Å². The van der Waals surface area contributed by atoms with Crippen LogP contribution in [0.5, 0.6) is 0 Å². The number of fused-ring (bicyclic) bond motifs is 1. The van der Waals surface area contributed by atoms with Gasteiger partial charge in [0, 0.05) is 31.1 Å². The van der Waals surface area contributed by atoms with E-state index in [2.05, 4.69) is 19.4 Å². The van der Waals surface area contributed by atoms with E-state index >= 15 is 0 Å². The molecule has 7 heteroatoms. The third kappa shape index (κ3) is 3.42. The third-order valence-electron chi connectivity index (χ3n) is 4.82. The zero-order chi connectivity index (χ0) is 17.2. The Morgan fingerprint density at radius 2 is 2.32 bits per heavy atom. The second-order valence-corrected chi connectivity index (χ2v) is 6.88. The molecule has 4 rings (SSSR count). The Morgan fingerprint density at radius 3 is 3.20 bits per heavy atom. The van der Waals surface area contributed by atoms with Crippen molar-refractivity contribution >= 4 is 22.6 Å². The van der Waals surface area contributed by atoms with Crippen molar-refractivity contribution in [3.05, 3.63) is 47.3 Å². The zero-order valence-electron chi connectivity index (χ0n) is 14.3. The Balaban J connectivity index is 1.54. The smallest absolute Gasteiger partial charge is 0.124 e. The van der Waals surface area contributed by atoms with Gasteiger partial charge in [-0.2, -0.15) is 0 Å². The molecule has 3 aromatic rings. The van der Waals surface area contributed by atoms with Crippen LogP contribution in [0.25, 0.3) is 11.0 Å². The first-order valence-electron chi connectivity index (χ1n) is 8.63. The summed E-state index contributed by atoms with van der Waals surface area (Å²) < 4.78 is 7.35. The normalized spacial score (nSPS) is 18.4. The third-order valence-corrected chi connectivity index (χ3v) is 5.06. The number of benzene rings is 1. The number of imidazole rings is 2. The number of ether oxygens (including phenoxy) is 1. The van der Waals surface area contributed by atoms with Gasteiger partial charge in [-0.3, -0.25) is 4.90 Å². The fraction of sp³-hybridized carbons (Fsp3) is 0.444. The van der Waals surface area contributed by atoms with Crippen LogP contribution in [0, 0.1) is 0 Å². The molecule has 2 aromatic heterocycles. The molecule has 0 bridgehead atoms. The molecule has 1 aliphatic heterocycles. The second kappa shape index (κ2) is 7.15. The van der Waals surface area contributed by atoms with Crippen LogP contribution in [-0.2, 0) is 17.8 Å². The van der Waals surface area contributed by atoms with Gasteiger partial charge in [0.2, 0.25) is 0 Å². The molecule has 132 valence electrons. The first-order chi connectivity index (χ1) is 12.2. The van der Waals surface area contributed by atoms with Crippen LogP contribution in [0.2, 0.25) is 5.02 Å². The van der Waals surface area contributed by atoms with Gasteiger partial charge in [-0.1, -0.05) is 11.6 Å². The number of H-pyrrole nitrogens is 1. The number of rotatable bonds is 6. The molecule has 25 heavy (non-hydrogen) atoms. The van der Waals surface area contributed by atoms with Gasteiger partial charge in [-0.25, -0.2) is 9.97 Å². The molecule has 1 aliphatic rings. The maximum Gasteiger partial charge on any atom is 0.124 e. The zero-order valence-corrected chi connectivity index (χ0v) is 15.0. The van der Waals surface area contributed by atoms with Crippen LogP contribution in [0.15, 0.2) is 30.6 Å². The molecule has 3 heterocycles. The van der Waals surface area contributed by atoms with E-state index in [4.69, 9.17) is 21.3 Å². The number of methoxy groups -OCH3 is 1. The SMILES string of the molecule is COCCn1ccnc1CN1CCC[C@H]1c1nc2ccc(Cl)cc2[nH]1. The van der Waals surface area contributed by atoms with Gasteiger partial charge in [-0.15, -0.1) is 0 Å². The van der Waals surface area contributed by atoms with Crippen molar-refractivity contribution < 1.29 is 4.74 Å². The van der Waals surface area contributed by atoms with E-state index in [1.807, 2.05) is 30.6 Å². The Hall–Kier alpha value is -1.89. The van der Waals surface area contributed by atoms with Crippen molar-refractivity contribution in [1.29, 1.82) is 0 Å². The van der Waals surface area contributed by atoms with E-state index in [-0.39, 0.29) is 0 Å². The first-order valence-corrected chi connectivity index (χ1v) is 9.00. The maximum absolute atomic E-state index is 6.09. The van der Waals surface area contributed by atoms with Gasteiger partial charge < -0.3 is 14.3 Å². The summed E-state index contributed by atoms with van der Waals surface area (Å²) in [7, 11) is 1.72. The van der Waals surface area contributed by atoms with Gasteiger partial charge >= 0.3 is 0 Å². The fourth-order valence-corrected chi connectivity index (χ4v) is 3.72.